The summed E-state index contributed by atoms with van der Waals surface area (Å²) in [5.41, 5.74) is 0.717. The number of nitro groups is 1. The van der Waals surface area contributed by atoms with E-state index in [1.165, 1.54) is 37.3 Å². The molecule has 0 radical (unpaired) electrons. The summed E-state index contributed by atoms with van der Waals surface area (Å²) in [4.78, 5) is 24.7. The first kappa shape index (κ1) is 19.0. The van der Waals surface area contributed by atoms with Gasteiger partial charge in [-0.05, 0) is 18.2 Å². The van der Waals surface area contributed by atoms with Crippen molar-refractivity contribution in [3.63, 3.8) is 0 Å². The van der Waals surface area contributed by atoms with Crippen LogP contribution >= 0.6 is 0 Å². The fourth-order valence-corrected chi connectivity index (χ4v) is 2.49. The second kappa shape index (κ2) is 8.19. The minimum absolute atomic E-state index is 0.122. The third kappa shape index (κ3) is 4.02. The molecule has 0 heterocycles. The largest absolute Gasteiger partial charge is 0.497 e. The van der Waals surface area contributed by atoms with Gasteiger partial charge in [0.15, 0.2) is 0 Å². The number of ether oxygens (including phenoxy) is 3. The fraction of sp³-hybridized carbons (Fsp3) is 0.278. The van der Waals surface area contributed by atoms with E-state index in [0.29, 0.717) is 11.5 Å². The summed E-state index contributed by atoms with van der Waals surface area (Å²) < 4.78 is 15.7. The van der Waals surface area contributed by atoms with Crippen molar-refractivity contribution in [2.24, 2.45) is 0 Å². The van der Waals surface area contributed by atoms with Crippen molar-refractivity contribution < 1.29 is 23.9 Å². The van der Waals surface area contributed by atoms with E-state index in [0.717, 1.165) is 5.56 Å². The second-order valence-electron chi connectivity index (χ2n) is 5.48. The molecule has 0 bridgehead atoms. The number of nitrogens with zero attached hydrogens (tertiary/aromatic N) is 2. The van der Waals surface area contributed by atoms with Gasteiger partial charge in [0.1, 0.15) is 17.2 Å². The molecule has 26 heavy (non-hydrogen) atoms. The number of methoxy groups -OCH3 is 3. The van der Waals surface area contributed by atoms with E-state index in [2.05, 4.69) is 0 Å². The van der Waals surface area contributed by atoms with Gasteiger partial charge in [-0.3, -0.25) is 14.9 Å². The van der Waals surface area contributed by atoms with Crippen molar-refractivity contribution in [3.8, 4) is 17.2 Å². The molecule has 0 unspecified atom stereocenters. The van der Waals surface area contributed by atoms with Crippen LogP contribution in [0.1, 0.15) is 15.9 Å². The van der Waals surface area contributed by atoms with Crippen LogP contribution in [-0.4, -0.2) is 44.1 Å². The lowest BCUT2D eigenvalue weighted by Crippen LogP contribution is -2.27. The van der Waals surface area contributed by atoms with Gasteiger partial charge in [-0.25, -0.2) is 0 Å². The zero-order valence-electron chi connectivity index (χ0n) is 15.0. The van der Waals surface area contributed by atoms with Crippen molar-refractivity contribution in [1.82, 2.24) is 4.90 Å². The topological polar surface area (TPSA) is 91.1 Å². The average Bonchev–Trinajstić information content (AvgIpc) is 2.66. The van der Waals surface area contributed by atoms with Gasteiger partial charge in [-0.2, -0.15) is 0 Å². The lowest BCUT2D eigenvalue weighted by Gasteiger charge is -2.20. The van der Waals surface area contributed by atoms with Crippen molar-refractivity contribution >= 4 is 11.6 Å². The van der Waals surface area contributed by atoms with E-state index >= 15 is 0 Å². The minimum Gasteiger partial charge on any atom is -0.497 e. The first-order valence-corrected chi connectivity index (χ1v) is 7.70. The maximum absolute atomic E-state index is 12.8. The van der Waals surface area contributed by atoms with Crippen molar-refractivity contribution in [3.05, 3.63) is 57.6 Å². The highest BCUT2D eigenvalue weighted by molar-refractivity contribution is 5.97. The van der Waals surface area contributed by atoms with E-state index in [1.54, 1.807) is 32.4 Å². The molecule has 0 fully saturated rings. The second-order valence-corrected chi connectivity index (χ2v) is 5.48. The predicted molar refractivity (Wildman–Crippen MR) is 95.0 cm³/mol. The number of hydrogen-bond acceptors (Lipinski definition) is 6. The Balaban J connectivity index is 2.30. The molecule has 0 N–H and O–H groups in total. The van der Waals surface area contributed by atoms with E-state index < -0.39 is 10.8 Å². The third-order valence-corrected chi connectivity index (χ3v) is 3.87. The van der Waals surface area contributed by atoms with Gasteiger partial charge >= 0.3 is 0 Å². The number of carbonyl (C=O) groups is 1. The number of nitro benzene ring substituents is 1. The standard InChI is InChI=1S/C18H20N2O6/c1-19(11-12-5-7-14(24-2)10-17(12)26-4)18(21)15-9-13(20(22)23)6-8-16(15)25-3/h5-10H,11H2,1-4H3. The normalized spacial score (nSPS) is 10.2. The molecule has 0 saturated carbocycles. The Kier molecular flexibility index (Phi) is 6.00. The van der Waals surface area contributed by atoms with Crippen LogP contribution in [0, 0.1) is 10.1 Å². The van der Waals surface area contributed by atoms with Crippen molar-refractivity contribution in [1.29, 1.82) is 0 Å². The van der Waals surface area contributed by atoms with E-state index in [4.69, 9.17) is 14.2 Å². The minimum atomic E-state index is -0.553. The molecule has 138 valence electrons. The Bertz CT molecular complexity index is 821. The summed E-state index contributed by atoms with van der Waals surface area (Å²) >= 11 is 0. The number of non-ortho nitro benzene ring substituents is 1. The molecule has 2 rings (SSSR count). The molecule has 8 nitrogen and oxygen atoms in total. The quantitative estimate of drug-likeness (QED) is 0.557. The first-order valence-electron chi connectivity index (χ1n) is 7.70. The SMILES string of the molecule is COc1ccc(CN(C)C(=O)c2cc([N+](=O)[O-])ccc2OC)c(OC)c1. The Morgan fingerprint density at radius 1 is 1.04 bits per heavy atom. The van der Waals surface area contributed by atoms with E-state index in [-0.39, 0.29) is 23.5 Å². The highest BCUT2D eigenvalue weighted by Crippen LogP contribution is 2.28. The molecule has 0 spiro atoms. The maximum atomic E-state index is 12.8. The predicted octanol–water partition coefficient (Wildman–Crippen LogP) is 2.89. The Labute approximate surface area is 151 Å². The molecule has 0 saturated heterocycles. The number of amides is 1. The zero-order chi connectivity index (χ0) is 19.3. The van der Waals surface area contributed by atoms with Crippen LogP contribution in [0.3, 0.4) is 0 Å². The van der Waals surface area contributed by atoms with Gasteiger partial charge in [0.2, 0.25) is 0 Å². The third-order valence-electron chi connectivity index (χ3n) is 3.87. The first-order chi connectivity index (χ1) is 12.4. The monoisotopic (exact) mass is 360 g/mol. The number of carbonyl (C=O) groups excluding carboxylic acids is 1. The van der Waals surface area contributed by atoms with Gasteiger partial charge in [-0.1, -0.05) is 0 Å². The summed E-state index contributed by atoms with van der Waals surface area (Å²) in [5.74, 6) is 1.09. The van der Waals surface area contributed by atoms with Gasteiger partial charge in [-0.15, -0.1) is 0 Å². The summed E-state index contributed by atoms with van der Waals surface area (Å²) in [7, 11) is 6.09. The average molecular weight is 360 g/mol. The van der Waals surface area contributed by atoms with E-state index in [9.17, 15) is 14.9 Å². The van der Waals surface area contributed by atoms with Crippen LogP contribution < -0.4 is 14.2 Å². The fourth-order valence-electron chi connectivity index (χ4n) is 2.49. The van der Waals surface area contributed by atoms with Gasteiger partial charge in [0, 0.05) is 37.4 Å². The lowest BCUT2D eigenvalue weighted by molar-refractivity contribution is -0.384. The molecule has 0 aliphatic heterocycles. The summed E-state index contributed by atoms with van der Waals surface area (Å²) in [6.45, 7) is 0.248. The highest BCUT2D eigenvalue weighted by Gasteiger charge is 2.21. The molecular formula is C18H20N2O6. The summed E-state index contributed by atoms with van der Waals surface area (Å²) in [6, 6.07) is 9.20. The Morgan fingerprint density at radius 3 is 2.31 bits per heavy atom. The molecule has 8 heteroatoms. The Morgan fingerprint density at radius 2 is 1.73 bits per heavy atom. The molecule has 0 aliphatic rings. The van der Waals surface area contributed by atoms with Crippen molar-refractivity contribution in [2.45, 2.75) is 6.54 Å². The molecule has 0 aromatic heterocycles. The van der Waals surface area contributed by atoms with Crippen LogP contribution in [0.4, 0.5) is 5.69 Å². The number of rotatable bonds is 7. The van der Waals surface area contributed by atoms with Gasteiger partial charge in [0.05, 0.1) is 31.8 Å². The smallest absolute Gasteiger partial charge is 0.270 e. The molecule has 1 amide bonds. The maximum Gasteiger partial charge on any atom is 0.270 e. The number of benzene rings is 2. The van der Waals surface area contributed by atoms with Crippen LogP contribution in [0.2, 0.25) is 0 Å². The summed E-state index contributed by atoms with van der Waals surface area (Å²) in [6.07, 6.45) is 0. The van der Waals surface area contributed by atoms with Crippen LogP contribution in [0.5, 0.6) is 17.2 Å². The highest BCUT2D eigenvalue weighted by atomic mass is 16.6. The number of hydrogen-bond donors (Lipinski definition) is 0. The lowest BCUT2D eigenvalue weighted by atomic mass is 10.1. The zero-order valence-corrected chi connectivity index (χ0v) is 15.0. The molecule has 0 atom stereocenters. The molecular weight excluding hydrogens is 340 g/mol. The molecule has 2 aromatic rings. The molecule has 2 aromatic carbocycles. The Hall–Kier alpha value is -3.29. The van der Waals surface area contributed by atoms with Gasteiger partial charge in [0.25, 0.3) is 11.6 Å². The summed E-state index contributed by atoms with van der Waals surface area (Å²) in [5, 5.41) is 11.0. The molecule has 0 aliphatic carbocycles. The van der Waals surface area contributed by atoms with Crippen LogP contribution in [0.25, 0.3) is 0 Å². The van der Waals surface area contributed by atoms with Crippen LogP contribution in [0.15, 0.2) is 36.4 Å². The van der Waals surface area contributed by atoms with Gasteiger partial charge < -0.3 is 19.1 Å². The van der Waals surface area contributed by atoms with E-state index in [1.807, 2.05) is 0 Å². The van der Waals surface area contributed by atoms with Crippen LogP contribution in [-0.2, 0) is 6.54 Å². The van der Waals surface area contributed by atoms with Crippen molar-refractivity contribution in [2.75, 3.05) is 28.4 Å².